The third-order valence-electron chi connectivity index (χ3n) is 6.99. The van der Waals surface area contributed by atoms with Gasteiger partial charge in [0.2, 0.25) is 0 Å². The van der Waals surface area contributed by atoms with Gasteiger partial charge in [-0.3, -0.25) is 9.98 Å². The summed E-state index contributed by atoms with van der Waals surface area (Å²) in [7, 11) is 0. The summed E-state index contributed by atoms with van der Waals surface area (Å²) in [5.41, 5.74) is 12.3. The number of H-pyrrole nitrogens is 2. The third kappa shape index (κ3) is 3.22. The molecule has 0 spiro atoms. The number of rotatable bonds is 0. The van der Waals surface area contributed by atoms with E-state index >= 15 is 0 Å². The highest BCUT2D eigenvalue weighted by Gasteiger charge is 2.18. The van der Waals surface area contributed by atoms with Gasteiger partial charge in [0.05, 0.1) is 24.1 Å². The molecule has 0 saturated carbocycles. The Kier molecular flexibility index (Phi) is 4.37. The van der Waals surface area contributed by atoms with Crippen LogP contribution in [0, 0.1) is 0 Å². The maximum atomic E-state index is 4.69. The summed E-state index contributed by atoms with van der Waals surface area (Å²) in [6.07, 6.45) is 14.7. The fourth-order valence-corrected chi connectivity index (χ4v) is 5.32. The zero-order valence-electron chi connectivity index (χ0n) is 18.8. The van der Waals surface area contributed by atoms with Crippen molar-refractivity contribution in [1.82, 2.24) is 9.97 Å². The first-order valence-electron chi connectivity index (χ1n) is 11.8. The molecule has 2 aliphatic carbocycles. The van der Waals surface area contributed by atoms with Gasteiger partial charge in [-0.1, -0.05) is 60.7 Å². The quantitative estimate of drug-likeness (QED) is 0.298. The minimum Gasteiger partial charge on any atom is -0.359 e. The van der Waals surface area contributed by atoms with E-state index in [9.17, 15) is 0 Å². The van der Waals surface area contributed by atoms with Gasteiger partial charge in [-0.25, -0.2) is 0 Å². The van der Waals surface area contributed by atoms with Gasteiger partial charge in [0.15, 0.2) is 0 Å². The number of fused-ring (bicyclic) bond motifs is 9. The summed E-state index contributed by atoms with van der Waals surface area (Å²) in [6, 6.07) is 17.5. The Morgan fingerprint density at radius 2 is 1.09 bits per heavy atom. The summed E-state index contributed by atoms with van der Waals surface area (Å²) < 4.78 is 0. The van der Waals surface area contributed by atoms with Crippen molar-refractivity contribution in [2.75, 3.05) is 0 Å². The summed E-state index contributed by atoms with van der Waals surface area (Å²) in [4.78, 5) is 16.6. The molecule has 0 atom stereocenters. The van der Waals surface area contributed by atoms with Crippen molar-refractivity contribution in [3.8, 4) is 0 Å². The van der Waals surface area contributed by atoms with Crippen molar-refractivity contribution in [2.24, 2.45) is 9.98 Å². The zero-order valence-corrected chi connectivity index (χ0v) is 18.8. The lowest BCUT2D eigenvalue weighted by Crippen LogP contribution is -1.90. The van der Waals surface area contributed by atoms with Crippen LogP contribution in [0.4, 0.5) is 0 Å². The van der Waals surface area contributed by atoms with Crippen LogP contribution >= 0.6 is 0 Å². The van der Waals surface area contributed by atoms with E-state index in [0.717, 1.165) is 24.2 Å². The lowest BCUT2D eigenvalue weighted by molar-refractivity contribution is 0.954. The van der Waals surface area contributed by atoms with E-state index in [1.165, 1.54) is 55.2 Å². The van der Waals surface area contributed by atoms with Crippen LogP contribution in [0.2, 0.25) is 0 Å². The molecule has 0 unspecified atom stereocenters. The van der Waals surface area contributed by atoms with E-state index in [1.807, 2.05) is 12.4 Å². The molecule has 2 N–H and O–H groups in total. The standard InChI is InChI=1S/C30H24N4/c1-3-25-21-9-7-19(13-21)15-31-17-23-11-12-24(33-23)18-32-16-20-8-10-22(14-20)26-4-2-6-28-27(5-1)29(25)34-30(26)28/h1-12,15-16,33-34H,13-14,17-18H2. The molecule has 34 heavy (non-hydrogen) atoms. The van der Waals surface area contributed by atoms with Crippen molar-refractivity contribution < 1.29 is 0 Å². The topological polar surface area (TPSA) is 56.3 Å². The highest BCUT2D eigenvalue weighted by Crippen LogP contribution is 2.38. The number of hydrogen-bond donors (Lipinski definition) is 2. The largest absolute Gasteiger partial charge is 0.359 e. The molecule has 4 nitrogen and oxygen atoms in total. The van der Waals surface area contributed by atoms with Crippen molar-refractivity contribution in [3.63, 3.8) is 0 Å². The maximum absolute atomic E-state index is 4.69. The fourth-order valence-electron chi connectivity index (χ4n) is 5.32. The Balaban J connectivity index is 1.35. The lowest BCUT2D eigenvalue weighted by Gasteiger charge is -2.06. The van der Waals surface area contributed by atoms with E-state index in [0.29, 0.717) is 13.1 Å². The molecule has 7 rings (SSSR count). The van der Waals surface area contributed by atoms with Gasteiger partial charge in [0.25, 0.3) is 0 Å². The van der Waals surface area contributed by atoms with Crippen LogP contribution in [0.3, 0.4) is 0 Å². The molecule has 164 valence electrons. The van der Waals surface area contributed by atoms with Crippen molar-refractivity contribution >= 4 is 45.4 Å². The second-order valence-corrected chi connectivity index (χ2v) is 9.25. The summed E-state index contributed by atoms with van der Waals surface area (Å²) in [6.45, 7) is 1.30. The highest BCUT2D eigenvalue weighted by atomic mass is 14.8. The maximum Gasteiger partial charge on any atom is 0.0789 e. The van der Waals surface area contributed by atoms with Gasteiger partial charge < -0.3 is 9.97 Å². The molecule has 0 saturated heterocycles. The van der Waals surface area contributed by atoms with Crippen molar-refractivity contribution in [2.45, 2.75) is 25.9 Å². The number of hydrogen-bond acceptors (Lipinski definition) is 2. The van der Waals surface area contributed by atoms with Gasteiger partial charge in [0, 0.05) is 45.7 Å². The second-order valence-electron chi connectivity index (χ2n) is 9.25. The van der Waals surface area contributed by atoms with Crippen LogP contribution in [0.15, 0.2) is 94.0 Å². The minimum absolute atomic E-state index is 0.648. The number of aliphatic imine (C=N–C) groups is 2. The van der Waals surface area contributed by atoms with Crippen LogP contribution in [-0.2, 0) is 13.1 Å². The summed E-state index contributed by atoms with van der Waals surface area (Å²) >= 11 is 0. The van der Waals surface area contributed by atoms with Crippen LogP contribution in [-0.4, -0.2) is 22.4 Å². The predicted molar refractivity (Wildman–Crippen MR) is 142 cm³/mol. The Morgan fingerprint density at radius 1 is 0.559 bits per heavy atom. The van der Waals surface area contributed by atoms with E-state index in [1.54, 1.807) is 0 Å². The van der Waals surface area contributed by atoms with Gasteiger partial charge in [-0.05, 0) is 47.3 Å². The normalized spacial score (nSPS) is 17.4. The highest BCUT2D eigenvalue weighted by molar-refractivity contribution is 6.13. The van der Waals surface area contributed by atoms with Crippen molar-refractivity contribution in [3.05, 3.63) is 106 Å². The first-order valence-corrected chi connectivity index (χ1v) is 11.8. The van der Waals surface area contributed by atoms with Gasteiger partial charge >= 0.3 is 0 Å². The first kappa shape index (κ1) is 19.3. The Labute approximate surface area is 197 Å². The molecular weight excluding hydrogens is 416 g/mol. The fraction of sp³-hybridized carbons (Fsp3) is 0.133. The Morgan fingerprint density at radius 3 is 1.62 bits per heavy atom. The Hall–Kier alpha value is -4.18. The van der Waals surface area contributed by atoms with Gasteiger partial charge in [0.1, 0.15) is 0 Å². The summed E-state index contributed by atoms with van der Waals surface area (Å²) in [5.74, 6) is 0. The van der Waals surface area contributed by atoms with Crippen LogP contribution in [0.1, 0.15) is 35.4 Å². The molecule has 0 amide bonds. The Bertz CT molecular complexity index is 1530. The number of nitrogens with zero attached hydrogens (tertiary/aromatic N) is 2. The number of aromatic nitrogens is 2. The molecule has 8 bridgehead atoms. The number of nitrogens with one attached hydrogen (secondary N) is 2. The van der Waals surface area contributed by atoms with Gasteiger partial charge in [-0.15, -0.1) is 0 Å². The number of para-hydroxylation sites is 2. The molecule has 2 aromatic heterocycles. The van der Waals surface area contributed by atoms with Crippen LogP contribution < -0.4 is 0 Å². The van der Waals surface area contributed by atoms with Crippen LogP contribution in [0.5, 0.6) is 0 Å². The smallest absolute Gasteiger partial charge is 0.0789 e. The first-order chi connectivity index (χ1) is 16.8. The number of allylic oxidation sites excluding steroid dienone is 8. The van der Waals surface area contributed by atoms with E-state index in [-0.39, 0.29) is 0 Å². The molecule has 1 aliphatic heterocycles. The molecule has 3 heterocycles. The van der Waals surface area contributed by atoms with E-state index in [2.05, 4.69) is 82.8 Å². The summed E-state index contributed by atoms with van der Waals surface area (Å²) in [5, 5.41) is 2.55. The molecule has 0 fully saturated rings. The second kappa shape index (κ2) is 7.70. The van der Waals surface area contributed by atoms with Crippen LogP contribution in [0.25, 0.3) is 33.0 Å². The van der Waals surface area contributed by atoms with E-state index < -0.39 is 0 Å². The lowest BCUT2D eigenvalue weighted by atomic mass is 9.98. The SMILES string of the molecule is C1=NCc2ccc([nH]2)CN=CC2=CC=C(C2)c2cccc3c2[nH]c2c(cccc23)C2=CC=C1C2. The van der Waals surface area contributed by atoms with Gasteiger partial charge in [-0.2, -0.15) is 0 Å². The van der Waals surface area contributed by atoms with E-state index in [4.69, 9.17) is 9.98 Å². The molecular formula is C30H24N4. The average molecular weight is 441 g/mol. The number of benzene rings is 2. The monoisotopic (exact) mass is 440 g/mol. The third-order valence-corrected chi connectivity index (χ3v) is 6.99. The molecule has 2 aromatic carbocycles. The number of aromatic amines is 2. The molecule has 0 radical (unpaired) electrons. The average Bonchev–Trinajstić information content (AvgIpc) is 3.65. The van der Waals surface area contributed by atoms with Crippen molar-refractivity contribution in [1.29, 1.82) is 0 Å². The zero-order chi connectivity index (χ0) is 22.5. The minimum atomic E-state index is 0.648. The molecule has 3 aliphatic rings. The molecule has 4 aromatic rings. The molecule has 4 heteroatoms. The predicted octanol–water partition coefficient (Wildman–Crippen LogP) is 6.93.